The SMILES string of the molecule is O=C(CN1CCCCC1)N1CCC([C@]2(c3cccnc3)NC(=O)N(CCc3cccs3)C2=O)CC1. The lowest BCUT2D eigenvalue weighted by atomic mass is 9.73. The molecule has 1 N–H and O–H groups in total. The summed E-state index contributed by atoms with van der Waals surface area (Å²) >= 11 is 1.63. The first kappa shape index (κ1) is 23.9. The molecule has 0 radical (unpaired) electrons. The van der Waals surface area contributed by atoms with Gasteiger partial charge >= 0.3 is 6.03 Å². The van der Waals surface area contributed by atoms with Crippen LogP contribution in [0.5, 0.6) is 0 Å². The minimum atomic E-state index is -1.14. The van der Waals surface area contributed by atoms with E-state index >= 15 is 0 Å². The highest BCUT2D eigenvalue weighted by Gasteiger charge is 2.57. The van der Waals surface area contributed by atoms with Gasteiger partial charge in [-0.3, -0.25) is 24.4 Å². The average Bonchev–Trinajstić information content (AvgIpc) is 3.50. The summed E-state index contributed by atoms with van der Waals surface area (Å²) in [4.78, 5) is 50.9. The molecule has 35 heavy (non-hydrogen) atoms. The molecule has 3 saturated heterocycles. The van der Waals surface area contributed by atoms with Crippen LogP contribution in [0.25, 0.3) is 0 Å². The number of hydrogen-bond acceptors (Lipinski definition) is 6. The molecule has 8 nitrogen and oxygen atoms in total. The molecule has 1 atom stereocenters. The van der Waals surface area contributed by atoms with Crippen molar-refractivity contribution in [2.75, 3.05) is 39.3 Å². The van der Waals surface area contributed by atoms with Gasteiger partial charge < -0.3 is 10.2 Å². The van der Waals surface area contributed by atoms with Crippen molar-refractivity contribution in [1.29, 1.82) is 0 Å². The molecule has 4 amide bonds. The number of carbonyl (C=O) groups excluding carboxylic acids is 3. The summed E-state index contributed by atoms with van der Waals surface area (Å²) in [5.41, 5.74) is -0.418. The maximum absolute atomic E-state index is 13.9. The topological polar surface area (TPSA) is 85.8 Å². The number of nitrogens with zero attached hydrogens (tertiary/aromatic N) is 4. The quantitative estimate of drug-likeness (QED) is 0.597. The van der Waals surface area contributed by atoms with Gasteiger partial charge in [-0.1, -0.05) is 18.6 Å². The molecule has 2 aromatic heterocycles. The van der Waals surface area contributed by atoms with E-state index in [2.05, 4.69) is 15.2 Å². The standard InChI is InChI=1S/C26H33N5O3S/c32-23(19-29-12-2-1-3-13-29)30-14-8-20(9-15-30)26(21-6-4-11-27-18-21)24(33)31(25(34)28-26)16-10-22-7-5-17-35-22/h4-7,11,17-18,20H,1-3,8-10,12-16,19H2,(H,28,34)/t26-/m1/s1. The summed E-state index contributed by atoms with van der Waals surface area (Å²) in [5.74, 6) is -0.140. The normalized spacial score (nSPS) is 24.1. The molecule has 5 heterocycles. The highest BCUT2D eigenvalue weighted by molar-refractivity contribution is 7.09. The van der Waals surface area contributed by atoms with Crippen LogP contribution in [0, 0.1) is 5.92 Å². The highest BCUT2D eigenvalue weighted by atomic mass is 32.1. The minimum absolute atomic E-state index is 0.103. The van der Waals surface area contributed by atoms with Crippen molar-refractivity contribution in [2.24, 2.45) is 5.92 Å². The number of nitrogens with one attached hydrogen (secondary N) is 1. The number of likely N-dealkylation sites (tertiary alicyclic amines) is 2. The Kier molecular flexibility index (Phi) is 7.15. The van der Waals surface area contributed by atoms with E-state index in [1.54, 1.807) is 23.7 Å². The van der Waals surface area contributed by atoms with E-state index in [0.29, 0.717) is 45.4 Å². The van der Waals surface area contributed by atoms with Crippen molar-refractivity contribution in [2.45, 2.75) is 44.1 Å². The number of pyridine rings is 1. The van der Waals surface area contributed by atoms with Crippen LogP contribution in [0.2, 0.25) is 0 Å². The van der Waals surface area contributed by atoms with Crippen molar-refractivity contribution >= 4 is 29.2 Å². The lowest BCUT2D eigenvalue weighted by Gasteiger charge is -2.41. The Balaban J connectivity index is 1.30. The number of hydrogen-bond donors (Lipinski definition) is 1. The average molecular weight is 496 g/mol. The summed E-state index contributed by atoms with van der Waals surface area (Å²) in [6.45, 7) is 4.00. The molecule has 0 aromatic carbocycles. The monoisotopic (exact) mass is 495 g/mol. The second kappa shape index (κ2) is 10.5. The number of rotatable bonds is 7. The van der Waals surface area contributed by atoms with Gasteiger partial charge in [0.2, 0.25) is 5.91 Å². The Bertz CT molecular complexity index is 1030. The first-order chi connectivity index (χ1) is 17.1. The largest absolute Gasteiger partial charge is 0.342 e. The van der Waals surface area contributed by atoms with E-state index in [1.165, 1.54) is 11.3 Å². The molecule has 5 rings (SSSR count). The molecule has 9 heteroatoms. The van der Waals surface area contributed by atoms with Crippen molar-refractivity contribution < 1.29 is 14.4 Å². The van der Waals surface area contributed by atoms with Crippen LogP contribution >= 0.6 is 11.3 Å². The van der Waals surface area contributed by atoms with Gasteiger partial charge in [-0.2, -0.15) is 0 Å². The van der Waals surface area contributed by atoms with Crippen LogP contribution in [0.3, 0.4) is 0 Å². The van der Waals surface area contributed by atoms with Crippen LogP contribution in [-0.2, 0) is 21.5 Å². The number of imide groups is 1. The first-order valence-electron chi connectivity index (χ1n) is 12.6. The number of aromatic nitrogens is 1. The molecular formula is C26H33N5O3S. The fraction of sp³-hybridized carbons (Fsp3) is 0.538. The smallest absolute Gasteiger partial charge is 0.325 e. The second-order valence-electron chi connectivity index (χ2n) is 9.76. The summed E-state index contributed by atoms with van der Waals surface area (Å²) in [6, 6.07) is 7.34. The van der Waals surface area contributed by atoms with E-state index in [9.17, 15) is 14.4 Å². The first-order valence-corrected chi connectivity index (χ1v) is 13.5. The molecule has 186 valence electrons. The number of thiophene rings is 1. The number of carbonyl (C=O) groups is 3. The molecule has 3 aliphatic heterocycles. The lowest BCUT2D eigenvalue weighted by molar-refractivity contribution is -0.137. The van der Waals surface area contributed by atoms with E-state index in [4.69, 9.17) is 0 Å². The highest BCUT2D eigenvalue weighted by Crippen LogP contribution is 2.41. The molecule has 0 spiro atoms. The van der Waals surface area contributed by atoms with E-state index in [1.807, 2.05) is 34.5 Å². The summed E-state index contributed by atoms with van der Waals surface area (Å²) in [7, 11) is 0. The van der Waals surface area contributed by atoms with Crippen LogP contribution in [-0.4, -0.2) is 76.8 Å². The third-order valence-corrected chi connectivity index (χ3v) is 8.61. The van der Waals surface area contributed by atoms with Gasteiger partial charge in [0.05, 0.1) is 6.54 Å². The van der Waals surface area contributed by atoms with Gasteiger partial charge in [0.15, 0.2) is 5.54 Å². The van der Waals surface area contributed by atoms with Crippen LogP contribution < -0.4 is 5.32 Å². The summed E-state index contributed by atoms with van der Waals surface area (Å²) in [6.07, 6.45) is 8.89. The summed E-state index contributed by atoms with van der Waals surface area (Å²) in [5, 5.41) is 5.08. The Labute approximate surface area is 210 Å². The fourth-order valence-corrected chi connectivity index (χ4v) is 6.45. The molecule has 0 saturated carbocycles. The zero-order valence-electron chi connectivity index (χ0n) is 20.0. The number of urea groups is 1. The van der Waals surface area contributed by atoms with Crippen LogP contribution in [0.15, 0.2) is 42.0 Å². The minimum Gasteiger partial charge on any atom is -0.342 e. The predicted molar refractivity (Wildman–Crippen MR) is 134 cm³/mol. The van der Waals surface area contributed by atoms with Gasteiger partial charge in [0, 0.05) is 42.5 Å². The zero-order chi connectivity index (χ0) is 24.3. The third-order valence-electron chi connectivity index (χ3n) is 7.68. The molecule has 0 bridgehead atoms. The van der Waals surface area contributed by atoms with Crippen molar-refractivity contribution in [3.8, 4) is 0 Å². The molecule has 2 aromatic rings. The lowest BCUT2D eigenvalue weighted by Crippen LogP contribution is -2.55. The van der Waals surface area contributed by atoms with E-state index < -0.39 is 5.54 Å². The van der Waals surface area contributed by atoms with Gasteiger partial charge in [-0.25, -0.2) is 4.79 Å². The van der Waals surface area contributed by atoms with Crippen molar-refractivity contribution in [3.63, 3.8) is 0 Å². The van der Waals surface area contributed by atoms with Crippen LogP contribution in [0.4, 0.5) is 4.79 Å². The zero-order valence-corrected chi connectivity index (χ0v) is 20.8. The Morgan fingerprint density at radius 2 is 1.89 bits per heavy atom. The Morgan fingerprint density at radius 1 is 1.09 bits per heavy atom. The summed E-state index contributed by atoms with van der Waals surface area (Å²) < 4.78 is 0. The van der Waals surface area contributed by atoms with E-state index in [-0.39, 0.29) is 23.8 Å². The number of amides is 4. The van der Waals surface area contributed by atoms with Crippen LogP contribution in [0.1, 0.15) is 42.5 Å². The third kappa shape index (κ3) is 4.84. The number of piperidine rings is 2. The van der Waals surface area contributed by atoms with Gasteiger partial charge in [-0.15, -0.1) is 11.3 Å². The fourth-order valence-electron chi connectivity index (χ4n) is 5.75. The molecule has 3 aliphatic rings. The molecule has 0 unspecified atom stereocenters. The molecule has 3 fully saturated rings. The Hall–Kier alpha value is -2.78. The van der Waals surface area contributed by atoms with Gasteiger partial charge in [0.25, 0.3) is 5.91 Å². The maximum Gasteiger partial charge on any atom is 0.325 e. The Morgan fingerprint density at radius 3 is 2.57 bits per heavy atom. The maximum atomic E-state index is 13.9. The van der Waals surface area contributed by atoms with Crippen molar-refractivity contribution in [3.05, 3.63) is 52.5 Å². The molecular weight excluding hydrogens is 462 g/mol. The van der Waals surface area contributed by atoms with Crippen molar-refractivity contribution in [1.82, 2.24) is 25.0 Å². The predicted octanol–water partition coefficient (Wildman–Crippen LogP) is 2.86. The second-order valence-corrected chi connectivity index (χ2v) is 10.8. The molecule has 0 aliphatic carbocycles. The van der Waals surface area contributed by atoms with Gasteiger partial charge in [-0.05, 0) is 68.6 Å². The van der Waals surface area contributed by atoms with Gasteiger partial charge in [0.1, 0.15) is 0 Å². The van der Waals surface area contributed by atoms with E-state index in [0.717, 1.165) is 36.4 Å².